The number of amides is 2. The zero-order valence-electron chi connectivity index (χ0n) is 18.3. The van der Waals surface area contributed by atoms with Crippen molar-refractivity contribution in [2.75, 3.05) is 23.8 Å². The van der Waals surface area contributed by atoms with Gasteiger partial charge in [0.2, 0.25) is 5.95 Å². The maximum absolute atomic E-state index is 12.7. The highest BCUT2D eigenvalue weighted by molar-refractivity contribution is 6.34. The number of nitrogens with zero attached hydrogens (tertiary/aromatic N) is 6. The van der Waals surface area contributed by atoms with E-state index in [0.717, 1.165) is 11.4 Å². The molecular formula is C22H25Cl2N7O. The molecule has 2 amide bonds. The van der Waals surface area contributed by atoms with E-state index < -0.39 is 0 Å². The molecule has 0 spiro atoms. The van der Waals surface area contributed by atoms with Gasteiger partial charge in [-0.1, -0.05) is 37.0 Å². The first-order valence-electron chi connectivity index (χ1n) is 10.4. The van der Waals surface area contributed by atoms with Gasteiger partial charge in [0.25, 0.3) is 0 Å². The molecule has 2 atom stereocenters. The molecule has 0 bridgehead atoms. The first-order valence-corrected chi connectivity index (χ1v) is 11.1. The zero-order valence-corrected chi connectivity index (χ0v) is 19.8. The Balaban J connectivity index is 1.53. The molecule has 3 aromatic rings. The van der Waals surface area contributed by atoms with Crippen LogP contribution in [0.15, 0.2) is 43.0 Å². The molecule has 1 aliphatic rings. The van der Waals surface area contributed by atoms with Crippen LogP contribution in [-0.4, -0.2) is 50.1 Å². The van der Waals surface area contributed by atoms with E-state index in [1.165, 1.54) is 0 Å². The lowest BCUT2D eigenvalue weighted by Gasteiger charge is -2.25. The van der Waals surface area contributed by atoms with Crippen molar-refractivity contribution in [3.05, 3.63) is 58.7 Å². The Morgan fingerprint density at radius 1 is 1.12 bits per heavy atom. The van der Waals surface area contributed by atoms with Crippen molar-refractivity contribution in [3.63, 3.8) is 0 Å². The van der Waals surface area contributed by atoms with Gasteiger partial charge in [0.05, 0.1) is 24.1 Å². The minimum atomic E-state index is -0.168. The van der Waals surface area contributed by atoms with Crippen LogP contribution < -0.4 is 10.2 Å². The van der Waals surface area contributed by atoms with Crippen LogP contribution in [0.3, 0.4) is 0 Å². The molecule has 0 radical (unpaired) electrons. The quantitative estimate of drug-likeness (QED) is 0.542. The Morgan fingerprint density at radius 3 is 2.53 bits per heavy atom. The fourth-order valence-electron chi connectivity index (χ4n) is 3.75. The third-order valence-corrected chi connectivity index (χ3v) is 5.96. The van der Waals surface area contributed by atoms with Crippen LogP contribution in [0.4, 0.5) is 16.6 Å². The summed E-state index contributed by atoms with van der Waals surface area (Å²) in [6.07, 6.45) is 5.27. The number of nitrogens with one attached hydrogen (secondary N) is 1. The van der Waals surface area contributed by atoms with E-state index in [1.54, 1.807) is 34.5 Å². The van der Waals surface area contributed by atoms with E-state index in [1.807, 2.05) is 36.9 Å². The summed E-state index contributed by atoms with van der Waals surface area (Å²) in [5, 5.41) is 4.39. The molecule has 1 aliphatic heterocycles. The third-order valence-electron chi connectivity index (χ3n) is 5.52. The largest absolute Gasteiger partial charge is 0.346 e. The Labute approximate surface area is 197 Å². The summed E-state index contributed by atoms with van der Waals surface area (Å²) in [7, 11) is 1.81. The number of carbonyl (C=O) groups excluding carboxylic acids is 1. The van der Waals surface area contributed by atoms with Gasteiger partial charge in [0.1, 0.15) is 5.82 Å². The monoisotopic (exact) mass is 473 g/mol. The van der Waals surface area contributed by atoms with Crippen LogP contribution in [0.5, 0.6) is 0 Å². The van der Waals surface area contributed by atoms with Crippen LogP contribution >= 0.6 is 23.2 Å². The van der Waals surface area contributed by atoms with Crippen molar-refractivity contribution in [2.24, 2.45) is 5.92 Å². The summed E-state index contributed by atoms with van der Waals surface area (Å²) >= 11 is 12.2. The molecule has 168 valence electrons. The minimum Gasteiger partial charge on any atom is -0.346 e. The average Bonchev–Trinajstić information content (AvgIpc) is 3.33. The van der Waals surface area contributed by atoms with Crippen LogP contribution in [0.25, 0.3) is 5.69 Å². The second kappa shape index (κ2) is 8.96. The van der Waals surface area contributed by atoms with E-state index in [2.05, 4.69) is 34.1 Å². The van der Waals surface area contributed by atoms with E-state index in [4.69, 9.17) is 23.2 Å². The number of urea groups is 1. The molecule has 0 saturated carbocycles. The normalized spacial score (nSPS) is 17.3. The molecule has 1 aromatic carbocycles. The van der Waals surface area contributed by atoms with E-state index in [0.29, 0.717) is 34.3 Å². The molecule has 1 unspecified atom stereocenters. The highest BCUT2D eigenvalue weighted by Crippen LogP contribution is 2.28. The maximum atomic E-state index is 12.7. The SMILES string of the molecule is CC(C)C1CN(C)C(=O)N1c1ccnc(N[C@@H](C)c2cn(-c3cc(Cl)cc(Cl)c3)cn2)n1. The van der Waals surface area contributed by atoms with Gasteiger partial charge in [-0.3, -0.25) is 4.90 Å². The number of halogens is 2. The number of benzene rings is 1. The zero-order chi connectivity index (χ0) is 23.0. The number of aromatic nitrogens is 4. The summed E-state index contributed by atoms with van der Waals surface area (Å²) in [5.74, 6) is 1.32. The molecule has 1 saturated heterocycles. The molecule has 8 nitrogen and oxygen atoms in total. The molecule has 0 aliphatic carbocycles. The number of imidazole rings is 1. The lowest BCUT2D eigenvalue weighted by Crippen LogP contribution is -2.38. The number of anilines is 2. The average molecular weight is 474 g/mol. The third kappa shape index (κ3) is 4.52. The first kappa shape index (κ1) is 22.4. The highest BCUT2D eigenvalue weighted by Gasteiger charge is 2.38. The number of likely N-dealkylation sites (N-methyl/N-ethyl adjacent to an activating group) is 1. The number of hydrogen-bond donors (Lipinski definition) is 1. The van der Waals surface area contributed by atoms with E-state index >= 15 is 0 Å². The summed E-state index contributed by atoms with van der Waals surface area (Å²) in [4.78, 5) is 29.6. The molecule has 3 heterocycles. The second-order valence-corrected chi connectivity index (χ2v) is 9.16. The summed E-state index contributed by atoms with van der Waals surface area (Å²) in [6, 6.07) is 6.93. The maximum Gasteiger partial charge on any atom is 0.325 e. The van der Waals surface area contributed by atoms with E-state index in [9.17, 15) is 4.79 Å². The van der Waals surface area contributed by atoms with Crippen molar-refractivity contribution in [3.8, 4) is 5.69 Å². The fraction of sp³-hybridized carbons (Fsp3) is 0.364. The standard InChI is InChI=1S/C22H25Cl2N7O/c1-13(2)19-11-29(4)22(32)31(19)20-5-6-25-21(28-20)27-14(3)18-10-30(12-26-18)17-8-15(23)7-16(24)9-17/h5-10,12-14,19H,11H2,1-4H3,(H,25,27,28)/t14-,19?/m0/s1. The van der Waals surface area contributed by atoms with Crippen molar-refractivity contribution in [2.45, 2.75) is 32.9 Å². The minimum absolute atomic E-state index is 0.0553. The van der Waals surface area contributed by atoms with Gasteiger partial charge < -0.3 is 14.8 Å². The molecule has 10 heteroatoms. The van der Waals surface area contributed by atoms with E-state index in [-0.39, 0.29) is 18.1 Å². The predicted molar refractivity (Wildman–Crippen MR) is 127 cm³/mol. The Hall–Kier alpha value is -2.84. The summed E-state index contributed by atoms with van der Waals surface area (Å²) in [6.45, 7) is 6.86. The summed E-state index contributed by atoms with van der Waals surface area (Å²) in [5.41, 5.74) is 1.62. The number of hydrogen-bond acceptors (Lipinski definition) is 5. The van der Waals surface area contributed by atoms with Gasteiger partial charge in [-0.2, -0.15) is 4.98 Å². The Bertz CT molecular complexity index is 1110. The molecule has 32 heavy (non-hydrogen) atoms. The topological polar surface area (TPSA) is 79.2 Å². The highest BCUT2D eigenvalue weighted by atomic mass is 35.5. The molecule has 2 aromatic heterocycles. The van der Waals surface area contributed by atoms with Crippen LogP contribution in [0.1, 0.15) is 32.5 Å². The van der Waals surface area contributed by atoms with Gasteiger partial charge in [-0.25, -0.2) is 14.8 Å². The fourth-order valence-corrected chi connectivity index (χ4v) is 4.27. The lowest BCUT2D eigenvalue weighted by molar-refractivity contribution is 0.229. The molecule has 4 rings (SSSR count). The van der Waals surface area contributed by atoms with Crippen molar-refractivity contribution in [1.29, 1.82) is 0 Å². The van der Waals surface area contributed by atoms with Crippen LogP contribution in [-0.2, 0) is 0 Å². The van der Waals surface area contributed by atoms with Crippen molar-refractivity contribution >= 4 is 41.0 Å². The molecular weight excluding hydrogens is 449 g/mol. The number of rotatable bonds is 6. The molecule has 1 fully saturated rings. The van der Waals surface area contributed by atoms with Crippen molar-refractivity contribution < 1.29 is 4.79 Å². The van der Waals surface area contributed by atoms with Gasteiger partial charge >= 0.3 is 6.03 Å². The van der Waals surface area contributed by atoms with Crippen LogP contribution in [0.2, 0.25) is 10.0 Å². The van der Waals surface area contributed by atoms with Gasteiger partial charge in [-0.15, -0.1) is 0 Å². The van der Waals surface area contributed by atoms with Gasteiger partial charge in [0.15, 0.2) is 0 Å². The molecule has 1 N–H and O–H groups in total. The summed E-state index contributed by atoms with van der Waals surface area (Å²) < 4.78 is 1.86. The lowest BCUT2D eigenvalue weighted by atomic mass is 10.0. The van der Waals surface area contributed by atoms with Gasteiger partial charge in [-0.05, 0) is 37.1 Å². The van der Waals surface area contributed by atoms with Crippen LogP contribution in [0, 0.1) is 5.92 Å². The second-order valence-electron chi connectivity index (χ2n) is 8.28. The first-order chi connectivity index (χ1) is 15.2. The van der Waals surface area contributed by atoms with Gasteiger partial charge in [0, 0.05) is 41.7 Å². The number of carbonyl (C=O) groups is 1. The smallest absolute Gasteiger partial charge is 0.325 e. The Morgan fingerprint density at radius 2 is 1.84 bits per heavy atom. The predicted octanol–water partition coefficient (Wildman–Crippen LogP) is 5.04. The Kier molecular flexibility index (Phi) is 6.26. The van der Waals surface area contributed by atoms with Crippen molar-refractivity contribution in [1.82, 2.24) is 24.4 Å².